The van der Waals surface area contributed by atoms with Gasteiger partial charge in [0.1, 0.15) is 12.3 Å². The zero-order chi connectivity index (χ0) is 15.3. The molecule has 6 nitrogen and oxygen atoms in total. The number of aliphatic carboxylic acids is 1. The van der Waals surface area contributed by atoms with Crippen molar-refractivity contribution in [1.82, 2.24) is 10.2 Å². The molecular formula is C14H22N2O4. The number of carboxylic acids is 1. The third-order valence-electron chi connectivity index (χ3n) is 2.96. The molecule has 1 rings (SSSR count). The number of carbonyl (C=O) groups is 2. The van der Waals surface area contributed by atoms with Crippen LogP contribution in [0.4, 0.5) is 0 Å². The summed E-state index contributed by atoms with van der Waals surface area (Å²) in [6.45, 7) is 9.45. The van der Waals surface area contributed by atoms with Gasteiger partial charge in [0.2, 0.25) is 0 Å². The third kappa shape index (κ3) is 4.70. The van der Waals surface area contributed by atoms with E-state index in [-0.39, 0.29) is 11.3 Å². The van der Waals surface area contributed by atoms with Crippen LogP contribution in [0.2, 0.25) is 0 Å². The maximum atomic E-state index is 11.6. The average Bonchev–Trinajstić information content (AvgIpc) is 2.80. The fourth-order valence-corrected chi connectivity index (χ4v) is 1.84. The van der Waals surface area contributed by atoms with Gasteiger partial charge in [-0.1, -0.05) is 6.92 Å². The predicted octanol–water partition coefficient (Wildman–Crippen LogP) is 1.71. The molecular weight excluding hydrogens is 260 g/mol. The summed E-state index contributed by atoms with van der Waals surface area (Å²) in [6.07, 6.45) is 0. The zero-order valence-corrected chi connectivity index (χ0v) is 12.4. The van der Waals surface area contributed by atoms with E-state index in [2.05, 4.69) is 37.9 Å². The Kier molecular flexibility index (Phi) is 5.33. The minimum atomic E-state index is -1.09. The second kappa shape index (κ2) is 6.56. The summed E-state index contributed by atoms with van der Waals surface area (Å²) in [4.78, 5) is 24.2. The van der Waals surface area contributed by atoms with Crippen LogP contribution in [-0.2, 0) is 11.3 Å². The Labute approximate surface area is 118 Å². The molecule has 1 amide bonds. The van der Waals surface area contributed by atoms with E-state index in [1.165, 1.54) is 0 Å². The van der Waals surface area contributed by atoms with Crippen LogP contribution in [0.15, 0.2) is 16.5 Å². The van der Waals surface area contributed by atoms with E-state index in [1.54, 1.807) is 12.1 Å². The normalized spacial score (nSPS) is 11.7. The average molecular weight is 282 g/mol. The van der Waals surface area contributed by atoms with Crippen molar-refractivity contribution in [3.63, 3.8) is 0 Å². The first kappa shape index (κ1) is 16.2. The standard InChI is InChI=1S/C14H22N2O4/c1-5-16(14(2,3)4)9-10-6-7-11(20-10)13(19)15-8-12(17)18/h6-7H,5,8-9H2,1-4H3,(H,15,19)(H,17,18). The van der Waals surface area contributed by atoms with Gasteiger partial charge < -0.3 is 14.8 Å². The van der Waals surface area contributed by atoms with E-state index in [4.69, 9.17) is 9.52 Å². The van der Waals surface area contributed by atoms with Crippen molar-refractivity contribution in [3.05, 3.63) is 23.7 Å². The number of carbonyl (C=O) groups excluding carboxylic acids is 1. The summed E-state index contributed by atoms with van der Waals surface area (Å²) in [6, 6.07) is 3.30. The molecule has 1 heterocycles. The fraction of sp³-hybridized carbons (Fsp3) is 0.571. The van der Waals surface area contributed by atoms with Gasteiger partial charge in [0.15, 0.2) is 5.76 Å². The van der Waals surface area contributed by atoms with Crippen LogP contribution >= 0.6 is 0 Å². The monoisotopic (exact) mass is 282 g/mol. The summed E-state index contributed by atoms with van der Waals surface area (Å²) in [7, 11) is 0. The maximum absolute atomic E-state index is 11.6. The molecule has 0 radical (unpaired) electrons. The Morgan fingerprint density at radius 3 is 2.50 bits per heavy atom. The Bertz CT molecular complexity index is 474. The van der Waals surface area contributed by atoms with E-state index >= 15 is 0 Å². The number of carboxylic acid groups (broad SMARTS) is 1. The molecule has 0 aliphatic heterocycles. The van der Waals surface area contributed by atoms with Crippen molar-refractivity contribution in [2.45, 2.75) is 39.8 Å². The minimum absolute atomic E-state index is 0.00721. The predicted molar refractivity (Wildman–Crippen MR) is 74.5 cm³/mol. The van der Waals surface area contributed by atoms with Crippen LogP contribution in [0.3, 0.4) is 0 Å². The van der Waals surface area contributed by atoms with Crippen LogP contribution < -0.4 is 5.32 Å². The van der Waals surface area contributed by atoms with Crippen molar-refractivity contribution in [3.8, 4) is 0 Å². The molecule has 0 bridgehead atoms. The molecule has 0 fully saturated rings. The number of nitrogens with zero attached hydrogens (tertiary/aromatic N) is 1. The van der Waals surface area contributed by atoms with Gasteiger partial charge in [-0.05, 0) is 39.4 Å². The molecule has 112 valence electrons. The van der Waals surface area contributed by atoms with E-state index < -0.39 is 18.4 Å². The van der Waals surface area contributed by atoms with Gasteiger partial charge in [-0.25, -0.2) is 0 Å². The first-order valence-electron chi connectivity index (χ1n) is 6.57. The maximum Gasteiger partial charge on any atom is 0.322 e. The van der Waals surface area contributed by atoms with Crippen LogP contribution in [0, 0.1) is 0 Å². The van der Waals surface area contributed by atoms with Crippen molar-refractivity contribution in [2.75, 3.05) is 13.1 Å². The highest BCUT2D eigenvalue weighted by atomic mass is 16.4. The number of nitrogens with one attached hydrogen (secondary N) is 1. The lowest BCUT2D eigenvalue weighted by molar-refractivity contribution is -0.135. The number of rotatable bonds is 6. The second-order valence-corrected chi connectivity index (χ2v) is 5.53. The number of amides is 1. The third-order valence-corrected chi connectivity index (χ3v) is 2.96. The molecule has 0 aliphatic rings. The Morgan fingerprint density at radius 1 is 1.35 bits per heavy atom. The molecule has 2 N–H and O–H groups in total. The van der Waals surface area contributed by atoms with Crippen molar-refractivity contribution in [2.24, 2.45) is 0 Å². The van der Waals surface area contributed by atoms with Gasteiger partial charge in [-0.3, -0.25) is 14.5 Å². The van der Waals surface area contributed by atoms with Gasteiger partial charge in [0.25, 0.3) is 5.91 Å². The summed E-state index contributed by atoms with van der Waals surface area (Å²) >= 11 is 0. The second-order valence-electron chi connectivity index (χ2n) is 5.53. The van der Waals surface area contributed by atoms with Gasteiger partial charge >= 0.3 is 5.97 Å². The van der Waals surface area contributed by atoms with E-state index in [0.29, 0.717) is 12.3 Å². The van der Waals surface area contributed by atoms with E-state index in [1.807, 2.05) is 0 Å². The van der Waals surface area contributed by atoms with Crippen molar-refractivity contribution >= 4 is 11.9 Å². The summed E-state index contributed by atoms with van der Waals surface area (Å²) in [5.41, 5.74) is 0.00721. The van der Waals surface area contributed by atoms with Crippen LogP contribution in [-0.4, -0.2) is 40.5 Å². The molecule has 0 saturated carbocycles. The lowest BCUT2D eigenvalue weighted by Crippen LogP contribution is -2.40. The molecule has 0 saturated heterocycles. The Balaban J connectivity index is 2.67. The number of hydrogen-bond acceptors (Lipinski definition) is 4. The highest BCUT2D eigenvalue weighted by molar-refractivity contribution is 5.93. The molecule has 0 aromatic carbocycles. The first-order valence-corrected chi connectivity index (χ1v) is 6.57. The van der Waals surface area contributed by atoms with Crippen molar-refractivity contribution < 1.29 is 19.1 Å². The topological polar surface area (TPSA) is 82.8 Å². The number of hydrogen-bond donors (Lipinski definition) is 2. The zero-order valence-electron chi connectivity index (χ0n) is 12.4. The van der Waals surface area contributed by atoms with Crippen molar-refractivity contribution in [1.29, 1.82) is 0 Å². The highest BCUT2D eigenvalue weighted by Gasteiger charge is 2.21. The minimum Gasteiger partial charge on any atom is -0.480 e. The van der Waals surface area contributed by atoms with Gasteiger partial charge in [-0.2, -0.15) is 0 Å². The molecule has 0 aliphatic carbocycles. The molecule has 20 heavy (non-hydrogen) atoms. The largest absolute Gasteiger partial charge is 0.480 e. The molecule has 0 atom stereocenters. The van der Waals surface area contributed by atoms with Gasteiger partial charge in [-0.15, -0.1) is 0 Å². The first-order chi connectivity index (χ1) is 9.24. The molecule has 0 unspecified atom stereocenters. The van der Waals surface area contributed by atoms with Crippen LogP contribution in [0.1, 0.15) is 44.0 Å². The lowest BCUT2D eigenvalue weighted by atomic mass is 10.1. The summed E-state index contributed by atoms with van der Waals surface area (Å²) in [5, 5.41) is 10.8. The van der Waals surface area contributed by atoms with Gasteiger partial charge in [0, 0.05) is 5.54 Å². The highest BCUT2D eigenvalue weighted by Crippen LogP contribution is 2.18. The quantitative estimate of drug-likeness (QED) is 0.830. The van der Waals surface area contributed by atoms with E-state index in [9.17, 15) is 9.59 Å². The molecule has 6 heteroatoms. The fourth-order valence-electron chi connectivity index (χ4n) is 1.84. The number of furan rings is 1. The Hall–Kier alpha value is -1.82. The lowest BCUT2D eigenvalue weighted by Gasteiger charge is -2.33. The molecule has 0 spiro atoms. The molecule has 1 aromatic heterocycles. The molecule has 1 aromatic rings. The Morgan fingerprint density at radius 2 is 2.00 bits per heavy atom. The van der Waals surface area contributed by atoms with Crippen LogP contribution in [0.5, 0.6) is 0 Å². The van der Waals surface area contributed by atoms with E-state index in [0.717, 1.165) is 6.54 Å². The SMILES string of the molecule is CCN(Cc1ccc(C(=O)NCC(=O)O)o1)C(C)(C)C. The summed E-state index contributed by atoms with van der Waals surface area (Å²) in [5.74, 6) is -0.791. The van der Waals surface area contributed by atoms with Crippen LogP contribution in [0.25, 0.3) is 0 Å². The smallest absolute Gasteiger partial charge is 0.322 e. The van der Waals surface area contributed by atoms with Gasteiger partial charge in [0.05, 0.1) is 6.54 Å². The summed E-state index contributed by atoms with van der Waals surface area (Å²) < 4.78 is 5.46.